The van der Waals surface area contributed by atoms with Crippen molar-refractivity contribution in [3.63, 3.8) is 0 Å². The zero-order valence-corrected chi connectivity index (χ0v) is 51.8. The minimum atomic E-state index is -1.16. The predicted molar refractivity (Wildman–Crippen MR) is 260 cm³/mol. The molecular formula is C44H59ClN16O3Si2UVW. The SMILES string of the molecule is CCOc1nc2c(N)nc(-c3nccn3COCC[Si](C)(C)C)nc2n1Cc1ccc(C)nc1.C[Si](C)(C)CCOCn1ccnc1C#N.Cc1ccc(Cn2c(Cl)nc(C#N)c2N)cn1.[U].[V].[W]. The molecule has 1 radical (unpaired) electrons. The molecule has 0 bridgehead atoms. The molecule has 0 saturated carbocycles. The number of nitrogens with zero attached hydrogens (tertiary/aromatic N) is 14. The smallest absolute Gasteiger partial charge is 0.299 e. The Morgan fingerprint density at radius 3 is 1.78 bits per heavy atom. The monoisotopic (exact) mass is 1420 g/mol. The number of anilines is 2. The normalized spacial score (nSPS) is 10.8. The molecule has 0 unspecified atom stereocenters. The van der Waals surface area contributed by atoms with E-state index in [1.54, 1.807) is 33.9 Å². The van der Waals surface area contributed by atoms with E-state index in [9.17, 15) is 0 Å². The topological polar surface area (TPSA) is 250 Å². The predicted octanol–water partition coefficient (Wildman–Crippen LogP) is 7.54. The number of rotatable bonds is 17. The van der Waals surface area contributed by atoms with Crippen LogP contribution in [0.2, 0.25) is 56.7 Å². The van der Waals surface area contributed by atoms with E-state index in [0.717, 1.165) is 41.2 Å². The molecule has 363 valence electrons. The molecule has 0 aromatic carbocycles. The first kappa shape index (κ1) is 60.9. The Morgan fingerprint density at radius 1 is 0.725 bits per heavy atom. The second kappa shape index (κ2) is 28.6. The summed E-state index contributed by atoms with van der Waals surface area (Å²) in [5.41, 5.74) is 17.2. The van der Waals surface area contributed by atoms with E-state index in [4.69, 9.17) is 52.8 Å². The molecule has 0 fully saturated rings. The van der Waals surface area contributed by atoms with Crippen molar-refractivity contribution >= 4 is 50.5 Å². The largest absolute Gasteiger partial charge is 0.465 e. The molecule has 4 N–H and O–H groups in total. The van der Waals surface area contributed by atoms with Crippen LogP contribution < -0.4 is 16.2 Å². The van der Waals surface area contributed by atoms with Gasteiger partial charge in [0.25, 0.3) is 6.01 Å². The summed E-state index contributed by atoms with van der Waals surface area (Å²) in [6, 6.07) is 14.4. The van der Waals surface area contributed by atoms with Crippen LogP contribution in [0.1, 0.15) is 41.0 Å². The number of halogens is 1. The number of nitrogen functional groups attached to an aromatic ring is 2. The Balaban J connectivity index is 0.000000392. The van der Waals surface area contributed by atoms with Gasteiger partial charge in [-0.15, -0.1) is 0 Å². The summed E-state index contributed by atoms with van der Waals surface area (Å²) in [5.74, 6) is 1.95. The first-order chi connectivity index (χ1) is 31.4. The molecule has 25 heteroatoms. The van der Waals surface area contributed by atoms with Gasteiger partial charge in [-0.2, -0.15) is 15.5 Å². The maximum atomic E-state index is 8.78. The van der Waals surface area contributed by atoms with Crippen LogP contribution in [0, 0.1) is 67.6 Å². The fourth-order valence-corrected chi connectivity index (χ4v) is 7.68. The van der Waals surface area contributed by atoms with Gasteiger partial charge < -0.3 is 30.2 Å². The summed E-state index contributed by atoms with van der Waals surface area (Å²) in [4.78, 5) is 34.7. The molecule has 0 saturated heterocycles. The third-order valence-electron chi connectivity index (χ3n) is 9.74. The average Bonchev–Trinajstić information content (AvgIpc) is 4.07. The van der Waals surface area contributed by atoms with Gasteiger partial charge in [0.15, 0.2) is 34.3 Å². The van der Waals surface area contributed by atoms with Crippen molar-refractivity contribution < 1.29 is 84.9 Å². The van der Waals surface area contributed by atoms with Gasteiger partial charge in [0.2, 0.25) is 11.1 Å². The number of imidazole rings is 4. The molecule has 7 aromatic heterocycles. The molecule has 0 aliphatic carbocycles. The van der Waals surface area contributed by atoms with E-state index >= 15 is 0 Å². The number of pyridine rings is 2. The van der Waals surface area contributed by atoms with Crippen LogP contribution in [-0.2, 0) is 75.6 Å². The van der Waals surface area contributed by atoms with Crippen molar-refractivity contribution in [1.29, 1.82) is 10.5 Å². The summed E-state index contributed by atoms with van der Waals surface area (Å²) in [6.07, 6.45) is 10.5. The summed E-state index contributed by atoms with van der Waals surface area (Å²) in [7, 11) is -2.17. The molecule has 0 amide bonds. The Kier molecular flexibility index (Phi) is 25.3. The average molecular weight is 1420 g/mol. The molecule has 0 atom stereocenters. The molecule has 0 spiro atoms. The van der Waals surface area contributed by atoms with Gasteiger partial charge in [-0.25, -0.2) is 24.9 Å². The van der Waals surface area contributed by atoms with E-state index in [-0.39, 0.29) is 93.3 Å². The maximum absolute atomic E-state index is 8.78. The first-order valence-corrected chi connectivity index (χ1v) is 29.2. The van der Waals surface area contributed by atoms with E-state index < -0.39 is 16.1 Å². The fraction of sp³-hybridized carbons (Fsp3) is 0.409. The molecule has 7 aromatic rings. The van der Waals surface area contributed by atoms with Crippen LogP contribution in [0.3, 0.4) is 0 Å². The number of ether oxygens (including phenoxy) is 3. The molecule has 7 heterocycles. The number of aromatic nitrogens is 12. The standard InChI is InChI=1S/C23H32N8O2Si.C11H10ClN5.C10H17N3OSi.U.V.W/c1-6-33-23-27-18-19(24)28-20(22-25-9-10-30(22)15-32-11-12-34(3,4)5)29-21(18)31(23)14-17-8-7-16(2)26-13-17;1-7-2-3-8(5-15-7)6-17-10(14)9(4-13)16-11(17)12;1-15(2,3)7-6-14-9-13-5-4-12-10(13)8-11;;;/h7-10,13H,6,11-12,14-15H2,1-5H3,(H2,24,28,29);2-3,5H,6,14H2,1H3;4-5H,6-7,9H2,1-3H3;;;. The minimum Gasteiger partial charge on any atom is -0.465 e. The van der Waals surface area contributed by atoms with E-state index in [1.165, 1.54) is 0 Å². The Labute approximate surface area is 460 Å². The third-order valence-corrected chi connectivity index (χ3v) is 13.4. The van der Waals surface area contributed by atoms with Crippen LogP contribution in [0.4, 0.5) is 11.6 Å². The third kappa shape index (κ3) is 18.5. The first-order valence-electron chi connectivity index (χ1n) is 21.4. The van der Waals surface area contributed by atoms with Crippen molar-refractivity contribution in [1.82, 2.24) is 58.1 Å². The molecular weight excluding hydrogens is 1370 g/mol. The van der Waals surface area contributed by atoms with Crippen molar-refractivity contribution in [2.75, 3.05) is 31.3 Å². The Bertz CT molecular complexity index is 2760. The number of hydrogen-bond acceptors (Lipinski definition) is 15. The number of nitriles is 2. The summed E-state index contributed by atoms with van der Waals surface area (Å²) >= 11 is 5.91. The number of hydrogen-bond donors (Lipinski definition) is 2. The van der Waals surface area contributed by atoms with Gasteiger partial charge in [0.1, 0.15) is 31.4 Å². The Morgan fingerprint density at radius 2 is 1.28 bits per heavy atom. The van der Waals surface area contributed by atoms with Crippen LogP contribution in [0.5, 0.6) is 6.01 Å². The summed E-state index contributed by atoms with van der Waals surface area (Å²) in [6.45, 7) is 23.4. The van der Waals surface area contributed by atoms with E-state index in [1.807, 2.05) is 78.7 Å². The van der Waals surface area contributed by atoms with Crippen molar-refractivity contribution in [3.8, 4) is 29.8 Å². The van der Waals surface area contributed by atoms with Crippen molar-refractivity contribution in [2.45, 2.75) is 98.7 Å². The number of nitrogens with two attached hydrogens (primary N) is 2. The van der Waals surface area contributed by atoms with Gasteiger partial charge >= 0.3 is 0 Å². The van der Waals surface area contributed by atoms with Crippen molar-refractivity contribution in [2.24, 2.45) is 0 Å². The quantitative estimate of drug-likeness (QED) is 0.0660. The van der Waals surface area contributed by atoms with E-state index in [2.05, 4.69) is 74.2 Å². The van der Waals surface area contributed by atoms with E-state index in [0.29, 0.717) is 74.4 Å². The molecule has 0 aliphatic heterocycles. The minimum absolute atomic E-state index is 0. The van der Waals surface area contributed by atoms with Crippen LogP contribution >= 0.6 is 11.6 Å². The zero-order valence-electron chi connectivity index (χ0n) is 40.5. The van der Waals surface area contributed by atoms with Gasteiger partial charge in [0, 0.05) is 149 Å². The van der Waals surface area contributed by atoms with Crippen LogP contribution in [-0.4, -0.2) is 94.1 Å². The van der Waals surface area contributed by atoms with Gasteiger partial charge in [-0.05, 0) is 67.7 Å². The molecule has 7 rings (SSSR count). The summed E-state index contributed by atoms with van der Waals surface area (Å²) in [5, 5.41) is 17.7. The Hall–Kier alpha value is -4.17. The van der Waals surface area contributed by atoms with Gasteiger partial charge in [-0.1, -0.05) is 51.4 Å². The number of fused-ring (bicyclic) bond motifs is 1. The number of aryl methyl sites for hydroxylation is 2. The molecule has 69 heavy (non-hydrogen) atoms. The van der Waals surface area contributed by atoms with Crippen molar-refractivity contribution in [3.05, 3.63) is 101 Å². The maximum Gasteiger partial charge on any atom is 0.299 e. The molecule has 0 aliphatic rings. The second-order valence-corrected chi connectivity index (χ2v) is 29.3. The van der Waals surface area contributed by atoms with Gasteiger partial charge in [0.05, 0.1) is 19.7 Å². The second-order valence-electron chi connectivity index (χ2n) is 17.7. The van der Waals surface area contributed by atoms with Gasteiger partial charge in [-0.3, -0.25) is 23.7 Å². The summed E-state index contributed by atoms with van der Waals surface area (Å²) < 4.78 is 24.3. The fourth-order valence-electron chi connectivity index (χ4n) is 5.93. The molecule has 19 nitrogen and oxygen atoms in total. The zero-order chi connectivity index (χ0) is 48.0. The van der Waals surface area contributed by atoms with Crippen LogP contribution in [0.25, 0.3) is 22.8 Å². The van der Waals surface area contributed by atoms with Crippen LogP contribution in [0.15, 0.2) is 61.4 Å².